The standard InChI is InChI=1S/C18H19N3O3/c22-17(20-11-5-4-8-16(20)18(23)24)10-9-14-12-19-21(13-14)15-6-2-1-3-7-15/h1-3,6-7,9-10,12-13,16H,4-5,8,11H2,(H,23,24)/b10-9+/t16-/m1/s1. The molecule has 1 amide bonds. The topological polar surface area (TPSA) is 75.4 Å². The molecule has 24 heavy (non-hydrogen) atoms. The minimum atomic E-state index is -0.937. The number of rotatable bonds is 4. The van der Waals surface area contributed by atoms with Crippen LogP contribution in [0.15, 0.2) is 48.8 Å². The second-order valence-corrected chi connectivity index (χ2v) is 5.77. The normalized spacial score (nSPS) is 18.0. The summed E-state index contributed by atoms with van der Waals surface area (Å²) in [6, 6.07) is 8.96. The van der Waals surface area contributed by atoms with Crippen LogP contribution in [0.25, 0.3) is 11.8 Å². The number of amides is 1. The van der Waals surface area contributed by atoms with Gasteiger partial charge in [-0.05, 0) is 37.5 Å². The first-order valence-corrected chi connectivity index (χ1v) is 7.97. The summed E-state index contributed by atoms with van der Waals surface area (Å²) < 4.78 is 1.73. The molecule has 6 nitrogen and oxygen atoms in total. The van der Waals surface area contributed by atoms with E-state index in [0.717, 1.165) is 24.1 Å². The van der Waals surface area contributed by atoms with Gasteiger partial charge in [0.1, 0.15) is 6.04 Å². The van der Waals surface area contributed by atoms with Gasteiger partial charge in [-0.25, -0.2) is 9.48 Å². The van der Waals surface area contributed by atoms with Gasteiger partial charge in [0, 0.05) is 24.4 Å². The van der Waals surface area contributed by atoms with Gasteiger partial charge in [-0.2, -0.15) is 5.10 Å². The van der Waals surface area contributed by atoms with E-state index in [-0.39, 0.29) is 5.91 Å². The molecule has 0 radical (unpaired) electrons. The monoisotopic (exact) mass is 325 g/mol. The predicted molar refractivity (Wildman–Crippen MR) is 89.6 cm³/mol. The second-order valence-electron chi connectivity index (χ2n) is 5.77. The lowest BCUT2D eigenvalue weighted by Crippen LogP contribution is -2.47. The zero-order valence-corrected chi connectivity index (χ0v) is 13.2. The van der Waals surface area contributed by atoms with E-state index in [2.05, 4.69) is 5.10 Å². The van der Waals surface area contributed by atoms with Gasteiger partial charge in [0.2, 0.25) is 5.91 Å². The van der Waals surface area contributed by atoms with Crippen LogP contribution in [0.3, 0.4) is 0 Å². The summed E-state index contributed by atoms with van der Waals surface area (Å²) in [6.07, 6.45) is 8.78. The van der Waals surface area contributed by atoms with Crippen molar-refractivity contribution in [2.75, 3.05) is 6.54 Å². The van der Waals surface area contributed by atoms with Crippen molar-refractivity contribution in [3.8, 4) is 5.69 Å². The fourth-order valence-electron chi connectivity index (χ4n) is 2.86. The average molecular weight is 325 g/mol. The molecule has 1 aromatic carbocycles. The Kier molecular flexibility index (Phi) is 4.74. The van der Waals surface area contributed by atoms with Crippen molar-refractivity contribution in [2.45, 2.75) is 25.3 Å². The quantitative estimate of drug-likeness (QED) is 0.876. The van der Waals surface area contributed by atoms with Crippen LogP contribution in [-0.2, 0) is 9.59 Å². The van der Waals surface area contributed by atoms with Crippen LogP contribution in [0.5, 0.6) is 0 Å². The predicted octanol–water partition coefficient (Wildman–Crippen LogP) is 2.35. The lowest BCUT2D eigenvalue weighted by atomic mass is 10.0. The van der Waals surface area contributed by atoms with Crippen molar-refractivity contribution in [1.29, 1.82) is 0 Å². The van der Waals surface area contributed by atoms with Crippen molar-refractivity contribution in [3.05, 3.63) is 54.4 Å². The number of aromatic nitrogens is 2. The number of carbonyl (C=O) groups is 2. The minimum Gasteiger partial charge on any atom is -0.480 e. The summed E-state index contributed by atoms with van der Waals surface area (Å²) in [4.78, 5) is 25.0. The van der Waals surface area contributed by atoms with Crippen molar-refractivity contribution < 1.29 is 14.7 Å². The maximum atomic E-state index is 12.3. The molecule has 3 rings (SSSR count). The van der Waals surface area contributed by atoms with Crippen LogP contribution in [-0.4, -0.2) is 44.3 Å². The number of carboxylic acid groups (broad SMARTS) is 1. The number of benzene rings is 1. The van der Waals surface area contributed by atoms with Crippen LogP contribution in [0.2, 0.25) is 0 Å². The molecule has 0 unspecified atom stereocenters. The Hall–Kier alpha value is -2.89. The van der Waals surface area contributed by atoms with Crippen LogP contribution >= 0.6 is 0 Å². The summed E-state index contributed by atoms with van der Waals surface area (Å²) >= 11 is 0. The fraction of sp³-hybridized carbons (Fsp3) is 0.278. The number of hydrogen-bond acceptors (Lipinski definition) is 3. The second kappa shape index (κ2) is 7.12. The first-order chi connectivity index (χ1) is 11.6. The first kappa shape index (κ1) is 16.0. The summed E-state index contributed by atoms with van der Waals surface area (Å²) in [5.41, 5.74) is 1.72. The van der Waals surface area contributed by atoms with Gasteiger partial charge in [0.15, 0.2) is 0 Å². The lowest BCUT2D eigenvalue weighted by molar-refractivity contribution is -0.150. The van der Waals surface area contributed by atoms with Gasteiger partial charge in [0.25, 0.3) is 0 Å². The smallest absolute Gasteiger partial charge is 0.326 e. The molecule has 6 heteroatoms. The Morgan fingerprint density at radius 3 is 2.75 bits per heavy atom. The maximum absolute atomic E-state index is 12.3. The van der Waals surface area contributed by atoms with Crippen LogP contribution in [0.1, 0.15) is 24.8 Å². The number of carboxylic acids is 1. The van der Waals surface area contributed by atoms with Gasteiger partial charge in [-0.1, -0.05) is 18.2 Å². The SMILES string of the molecule is O=C(O)[C@H]1CCCCN1C(=O)/C=C/c1cnn(-c2ccccc2)c1. The van der Waals surface area contributed by atoms with Crippen LogP contribution in [0, 0.1) is 0 Å². The van der Waals surface area contributed by atoms with Gasteiger partial charge in [-0.15, -0.1) is 0 Å². The molecule has 1 fully saturated rings. The molecule has 0 saturated carbocycles. The number of para-hydroxylation sites is 1. The third-order valence-corrected chi connectivity index (χ3v) is 4.11. The fourth-order valence-corrected chi connectivity index (χ4v) is 2.86. The summed E-state index contributed by atoms with van der Waals surface area (Å²) in [5.74, 6) is -1.21. The number of carbonyl (C=O) groups excluding carboxylic acids is 1. The highest BCUT2D eigenvalue weighted by atomic mass is 16.4. The van der Waals surface area contributed by atoms with E-state index in [0.29, 0.717) is 13.0 Å². The third-order valence-electron chi connectivity index (χ3n) is 4.11. The Balaban J connectivity index is 1.70. The van der Waals surface area contributed by atoms with Gasteiger partial charge < -0.3 is 10.0 Å². The number of likely N-dealkylation sites (tertiary alicyclic amines) is 1. The molecular formula is C18H19N3O3. The highest BCUT2D eigenvalue weighted by Crippen LogP contribution is 2.18. The summed E-state index contributed by atoms with van der Waals surface area (Å²) in [7, 11) is 0. The molecule has 2 aromatic rings. The Morgan fingerprint density at radius 1 is 1.21 bits per heavy atom. The number of aliphatic carboxylic acids is 1. The summed E-state index contributed by atoms with van der Waals surface area (Å²) in [5, 5.41) is 13.5. The van der Waals surface area contributed by atoms with E-state index in [9.17, 15) is 14.7 Å². The Labute approximate surface area is 140 Å². The van der Waals surface area contributed by atoms with Crippen LogP contribution < -0.4 is 0 Å². The van der Waals surface area contributed by atoms with E-state index in [4.69, 9.17) is 0 Å². The summed E-state index contributed by atoms with van der Waals surface area (Å²) in [6.45, 7) is 0.490. The molecular weight excluding hydrogens is 306 g/mol. The molecule has 0 aliphatic carbocycles. The van der Waals surface area contributed by atoms with Crippen LogP contribution in [0.4, 0.5) is 0 Å². The van der Waals surface area contributed by atoms with E-state index in [1.165, 1.54) is 11.0 Å². The van der Waals surface area contributed by atoms with Gasteiger partial charge in [-0.3, -0.25) is 4.79 Å². The molecule has 1 aromatic heterocycles. The number of nitrogens with zero attached hydrogens (tertiary/aromatic N) is 3. The molecule has 2 heterocycles. The molecule has 0 bridgehead atoms. The zero-order chi connectivity index (χ0) is 16.9. The van der Waals surface area contributed by atoms with Gasteiger partial charge in [0.05, 0.1) is 11.9 Å². The third kappa shape index (κ3) is 3.53. The maximum Gasteiger partial charge on any atom is 0.326 e. The van der Waals surface area contributed by atoms with Crippen molar-refractivity contribution in [3.63, 3.8) is 0 Å². The molecule has 0 spiro atoms. The van der Waals surface area contributed by atoms with E-state index < -0.39 is 12.0 Å². The van der Waals surface area contributed by atoms with E-state index >= 15 is 0 Å². The van der Waals surface area contributed by atoms with Crippen molar-refractivity contribution in [1.82, 2.24) is 14.7 Å². The zero-order valence-electron chi connectivity index (χ0n) is 13.2. The molecule has 1 saturated heterocycles. The molecule has 1 N–H and O–H groups in total. The molecule has 1 aliphatic heterocycles. The Morgan fingerprint density at radius 2 is 2.00 bits per heavy atom. The van der Waals surface area contributed by atoms with Gasteiger partial charge >= 0.3 is 5.97 Å². The minimum absolute atomic E-state index is 0.269. The van der Waals surface area contributed by atoms with Crippen molar-refractivity contribution in [2.24, 2.45) is 0 Å². The highest BCUT2D eigenvalue weighted by Gasteiger charge is 2.30. The number of piperidine rings is 1. The molecule has 1 atom stereocenters. The number of hydrogen-bond donors (Lipinski definition) is 1. The average Bonchev–Trinajstić information content (AvgIpc) is 3.09. The van der Waals surface area contributed by atoms with E-state index in [1.807, 2.05) is 36.5 Å². The highest BCUT2D eigenvalue weighted by molar-refractivity contribution is 5.94. The largest absolute Gasteiger partial charge is 0.480 e. The first-order valence-electron chi connectivity index (χ1n) is 7.97. The Bertz CT molecular complexity index is 752. The van der Waals surface area contributed by atoms with E-state index in [1.54, 1.807) is 17.0 Å². The van der Waals surface area contributed by atoms with Crippen molar-refractivity contribution >= 4 is 18.0 Å². The molecule has 124 valence electrons. The molecule has 1 aliphatic rings. The lowest BCUT2D eigenvalue weighted by Gasteiger charge is -2.32.